The molecule has 0 saturated heterocycles. The second-order valence-corrected chi connectivity index (χ2v) is 8.06. The fourth-order valence-corrected chi connectivity index (χ4v) is 2.66. The highest BCUT2D eigenvalue weighted by molar-refractivity contribution is 7.15. The van der Waals surface area contributed by atoms with E-state index in [-0.39, 0.29) is 15.6 Å². The number of nitrogens with zero attached hydrogens (tertiary/aromatic N) is 1. The zero-order valence-corrected chi connectivity index (χ0v) is 12.3. The molecule has 0 fully saturated rings. The highest BCUT2D eigenvalue weighted by atomic mass is 35.6. The van der Waals surface area contributed by atoms with Gasteiger partial charge in [-0.15, -0.1) is 11.3 Å². The van der Waals surface area contributed by atoms with E-state index in [0.29, 0.717) is 11.3 Å². The van der Waals surface area contributed by atoms with E-state index in [0.717, 1.165) is 0 Å². The van der Waals surface area contributed by atoms with Gasteiger partial charge >= 0.3 is 5.97 Å². The minimum atomic E-state index is -1.99. The lowest BCUT2D eigenvalue weighted by atomic mass is 10.4. The summed E-state index contributed by atoms with van der Waals surface area (Å²) in [4.78, 5) is 14.3. The number of hydrogen-bond acceptors (Lipinski definition) is 3. The van der Waals surface area contributed by atoms with Gasteiger partial charge in [-0.3, -0.25) is 0 Å². The fourth-order valence-electron chi connectivity index (χ4n) is 0.778. The van der Waals surface area contributed by atoms with Crippen molar-refractivity contribution in [1.82, 2.24) is 4.98 Å². The summed E-state index contributed by atoms with van der Waals surface area (Å²) < 4.78 is -3.85. The van der Waals surface area contributed by atoms with Crippen LogP contribution in [0.3, 0.4) is 0 Å². The van der Waals surface area contributed by atoms with Gasteiger partial charge in [-0.25, -0.2) is 9.78 Å². The maximum atomic E-state index is 10.9. The summed E-state index contributed by atoms with van der Waals surface area (Å²) in [6, 6.07) is 0. The van der Waals surface area contributed by atoms with Gasteiger partial charge in [-0.1, -0.05) is 69.6 Å². The zero-order valence-electron chi connectivity index (χ0n) is 6.98. The van der Waals surface area contributed by atoms with Crippen LogP contribution in [0.1, 0.15) is 20.4 Å². The zero-order chi connectivity index (χ0) is 12.7. The van der Waals surface area contributed by atoms with Gasteiger partial charge in [0.2, 0.25) is 7.59 Å². The molecule has 0 atom stereocenters. The van der Waals surface area contributed by atoms with Crippen LogP contribution in [-0.2, 0) is 7.59 Å². The van der Waals surface area contributed by atoms with Crippen LogP contribution < -0.4 is 0 Å². The van der Waals surface area contributed by atoms with Gasteiger partial charge in [-0.2, -0.15) is 0 Å². The van der Waals surface area contributed by atoms with Crippen LogP contribution in [0.25, 0.3) is 0 Å². The second-order valence-electron chi connectivity index (χ2n) is 2.50. The molecule has 0 spiro atoms. The molecular weight excluding hydrogens is 363 g/mol. The van der Waals surface area contributed by atoms with E-state index in [2.05, 4.69) is 4.98 Å². The van der Waals surface area contributed by atoms with E-state index in [4.69, 9.17) is 74.7 Å². The maximum Gasteiger partial charge on any atom is 0.347 e. The molecule has 10 heteroatoms. The van der Waals surface area contributed by atoms with Crippen LogP contribution in [-0.4, -0.2) is 16.1 Å². The largest absolute Gasteiger partial charge is 0.477 e. The highest BCUT2D eigenvalue weighted by Crippen LogP contribution is 2.46. The molecule has 1 heterocycles. The molecule has 0 aliphatic heterocycles. The van der Waals surface area contributed by atoms with Gasteiger partial charge in [0.15, 0.2) is 0 Å². The minimum absolute atomic E-state index is 0.0729. The Labute approximate surface area is 124 Å². The molecule has 16 heavy (non-hydrogen) atoms. The van der Waals surface area contributed by atoms with Crippen molar-refractivity contribution in [2.45, 2.75) is 7.59 Å². The molecule has 0 bridgehead atoms. The molecule has 0 aromatic carbocycles. The smallest absolute Gasteiger partial charge is 0.347 e. The van der Waals surface area contributed by atoms with E-state index in [1.807, 2.05) is 0 Å². The molecule has 0 amide bonds. The summed E-state index contributed by atoms with van der Waals surface area (Å²) >= 11 is 34.0. The summed E-state index contributed by atoms with van der Waals surface area (Å²) in [6.45, 7) is 0. The lowest BCUT2D eigenvalue weighted by Gasteiger charge is -2.08. The van der Waals surface area contributed by atoms with E-state index in [9.17, 15) is 4.79 Å². The molecule has 0 radical (unpaired) electrons. The number of aromatic carboxylic acids is 1. The Hall–Kier alpha value is 0.840. The number of thiazole rings is 1. The summed E-state index contributed by atoms with van der Waals surface area (Å²) in [5.41, 5.74) is -0.267. The molecule has 1 aromatic rings. The number of carboxylic acids is 1. The third-order valence-electron chi connectivity index (χ3n) is 1.33. The Kier molecular flexibility index (Phi) is 4.51. The first-order valence-corrected chi connectivity index (χ1v) is 6.50. The Balaban J connectivity index is 3.38. The van der Waals surface area contributed by atoms with Crippen molar-refractivity contribution in [3.63, 3.8) is 0 Å². The molecule has 0 aliphatic rings. The van der Waals surface area contributed by atoms with Crippen molar-refractivity contribution in [2.24, 2.45) is 0 Å². The fraction of sp³-hybridized carbons (Fsp3) is 0.333. The van der Waals surface area contributed by atoms with Gasteiger partial charge in [0.05, 0.1) is 0 Å². The lowest BCUT2D eigenvalue weighted by Crippen LogP contribution is -2.08. The van der Waals surface area contributed by atoms with Crippen molar-refractivity contribution in [3.8, 4) is 0 Å². The standard InChI is InChI=1S/C6HCl6NO2S/c7-5(8,9)2-1(3(14)15)16-4(13-2)6(10,11)12/h(H,14,15). The number of carbonyl (C=O) groups is 1. The topological polar surface area (TPSA) is 50.2 Å². The number of hydrogen-bond donors (Lipinski definition) is 1. The molecule has 0 saturated carbocycles. The van der Waals surface area contributed by atoms with Crippen molar-refractivity contribution >= 4 is 86.9 Å². The lowest BCUT2D eigenvalue weighted by molar-refractivity contribution is 0.0701. The summed E-state index contributed by atoms with van der Waals surface area (Å²) in [6.07, 6.45) is 0. The van der Waals surface area contributed by atoms with Crippen molar-refractivity contribution in [2.75, 3.05) is 0 Å². The SMILES string of the molecule is O=C(O)c1sc(C(Cl)(Cl)Cl)nc1C(Cl)(Cl)Cl. The summed E-state index contributed by atoms with van der Waals surface area (Å²) in [5, 5.41) is 8.80. The van der Waals surface area contributed by atoms with E-state index in [1.54, 1.807) is 0 Å². The highest BCUT2D eigenvalue weighted by Gasteiger charge is 2.37. The van der Waals surface area contributed by atoms with Gasteiger partial charge in [0.25, 0.3) is 0 Å². The Morgan fingerprint density at radius 1 is 1.12 bits per heavy atom. The van der Waals surface area contributed by atoms with Crippen LogP contribution in [0.2, 0.25) is 0 Å². The molecule has 0 aliphatic carbocycles. The molecular formula is C6HCl6NO2S. The first-order chi connectivity index (χ1) is 7.03. The molecule has 90 valence electrons. The van der Waals surface area contributed by atoms with Crippen molar-refractivity contribution in [3.05, 3.63) is 15.6 Å². The molecule has 3 nitrogen and oxygen atoms in total. The normalized spacial score (nSPS) is 12.9. The van der Waals surface area contributed by atoms with Crippen LogP contribution in [0.4, 0.5) is 0 Å². The molecule has 0 unspecified atom stereocenters. The van der Waals surface area contributed by atoms with Crippen LogP contribution in [0.15, 0.2) is 0 Å². The van der Waals surface area contributed by atoms with Crippen molar-refractivity contribution < 1.29 is 9.90 Å². The summed E-state index contributed by atoms with van der Waals surface area (Å²) in [7, 11) is 0. The van der Waals surface area contributed by atoms with Crippen LogP contribution >= 0.6 is 80.9 Å². The van der Waals surface area contributed by atoms with Gasteiger partial charge in [0, 0.05) is 0 Å². The number of alkyl halides is 6. The third kappa shape index (κ3) is 3.42. The number of halogens is 6. The number of carboxylic acid groups (broad SMARTS) is 1. The van der Waals surface area contributed by atoms with E-state index < -0.39 is 13.6 Å². The predicted octanol–water partition coefficient (Wildman–Crippen LogP) is 4.49. The molecule has 1 rings (SSSR count). The quantitative estimate of drug-likeness (QED) is 0.747. The van der Waals surface area contributed by atoms with Gasteiger partial charge < -0.3 is 5.11 Å². The monoisotopic (exact) mass is 361 g/mol. The Morgan fingerprint density at radius 3 is 1.88 bits per heavy atom. The van der Waals surface area contributed by atoms with Gasteiger partial charge in [0.1, 0.15) is 15.6 Å². The third-order valence-corrected chi connectivity index (χ3v) is 3.91. The Bertz CT molecular complexity index is 420. The van der Waals surface area contributed by atoms with Crippen molar-refractivity contribution in [1.29, 1.82) is 0 Å². The van der Waals surface area contributed by atoms with E-state index >= 15 is 0 Å². The van der Waals surface area contributed by atoms with Gasteiger partial charge in [-0.05, 0) is 0 Å². The molecule has 1 aromatic heterocycles. The minimum Gasteiger partial charge on any atom is -0.477 e. The Morgan fingerprint density at radius 2 is 1.62 bits per heavy atom. The average Bonchev–Trinajstić information content (AvgIpc) is 2.44. The second kappa shape index (κ2) is 4.84. The number of aromatic nitrogens is 1. The van der Waals surface area contributed by atoms with E-state index in [1.165, 1.54) is 0 Å². The number of rotatable bonds is 1. The first-order valence-electron chi connectivity index (χ1n) is 3.42. The average molecular weight is 364 g/mol. The summed E-state index contributed by atoms with van der Waals surface area (Å²) in [5.74, 6) is -1.31. The molecule has 1 N–H and O–H groups in total. The van der Waals surface area contributed by atoms with Crippen LogP contribution in [0, 0.1) is 0 Å². The predicted molar refractivity (Wildman–Crippen MR) is 67.5 cm³/mol. The van der Waals surface area contributed by atoms with Crippen LogP contribution in [0.5, 0.6) is 0 Å². The maximum absolute atomic E-state index is 10.9. The first kappa shape index (κ1) is 14.9.